The van der Waals surface area contributed by atoms with Gasteiger partial charge >= 0.3 is 0 Å². The summed E-state index contributed by atoms with van der Waals surface area (Å²) in [5.74, 6) is -0.540. The van der Waals surface area contributed by atoms with Crippen molar-refractivity contribution >= 4 is 26.0 Å². The zero-order valence-corrected chi connectivity index (χ0v) is 9.92. The van der Waals surface area contributed by atoms with Crippen molar-refractivity contribution in [1.82, 2.24) is 4.98 Å². The largest absolute Gasteiger partial charge is 0.286 e. The van der Waals surface area contributed by atoms with Crippen LogP contribution in [0.25, 0.3) is 0 Å². The molecule has 14 heavy (non-hydrogen) atoms. The highest BCUT2D eigenvalue weighted by atomic mass is 79.9. The third-order valence-electron chi connectivity index (χ3n) is 1.78. The molecule has 0 fully saturated rings. The fraction of sp³-hybridized carbons (Fsp3) is 0.375. The van der Waals surface area contributed by atoms with Crippen LogP contribution in [0.1, 0.15) is 18.4 Å². The molecule has 1 rings (SSSR count). The van der Waals surface area contributed by atoms with E-state index in [4.69, 9.17) is 4.55 Å². The summed E-state index contributed by atoms with van der Waals surface area (Å²) >= 11 is 3.18. The van der Waals surface area contributed by atoms with E-state index in [1.165, 1.54) is 0 Å². The molecular weight excluding hydrogens is 270 g/mol. The van der Waals surface area contributed by atoms with Crippen molar-refractivity contribution < 1.29 is 13.0 Å². The molecule has 0 unspecified atom stereocenters. The third kappa shape index (κ3) is 3.73. The predicted octanol–water partition coefficient (Wildman–Crippen LogP) is 1.84. The van der Waals surface area contributed by atoms with Crippen LogP contribution in [0.2, 0.25) is 0 Å². The van der Waals surface area contributed by atoms with Gasteiger partial charge in [0.25, 0.3) is 10.1 Å². The molecule has 0 amide bonds. The van der Waals surface area contributed by atoms with Gasteiger partial charge in [-0.15, -0.1) is 0 Å². The van der Waals surface area contributed by atoms with Crippen molar-refractivity contribution in [3.63, 3.8) is 0 Å². The molecule has 0 aliphatic carbocycles. The van der Waals surface area contributed by atoms with Gasteiger partial charge in [0.2, 0.25) is 0 Å². The van der Waals surface area contributed by atoms with Crippen molar-refractivity contribution in [2.24, 2.45) is 0 Å². The Morgan fingerprint density at radius 3 is 2.64 bits per heavy atom. The van der Waals surface area contributed by atoms with E-state index in [0.717, 1.165) is 5.56 Å². The van der Waals surface area contributed by atoms with Crippen molar-refractivity contribution in [3.05, 3.63) is 28.5 Å². The number of nitrogens with zero attached hydrogens (tertiary/aromatic N) is 1. The second kappa shape index (κ2) is 4.37. The molecule has 0 spiro atoms. The molecule has 1 atom stereocenters. The summed E-state index contributed by atoms with van der Waals surface area (Å²) in [5.41, 5.74) is 0.783. The van der Waals surface area contributed by atoms with Gasteiger partial charge in [0.05, 0.1) is 5.75 Å². The van der Waals surface area contributed by atoms with Gasteiger partial charge in [0, 0.05) is 6.20 Å². The van der Waals surface area contributed by atoms with Crippen molar-refractivity contribution in [3.8, 4) is 0 Å². The average Bonchev–Trinajstić information content (AvgIpc) is 2.02. The minimum atomic E-state index is -3.92. The van der Waals surface area contributed by atoms with E-state index in [1.807, 2.05) is 0 Å². The Morgan fingerprint density at radius 1 is 1.57 bits per heavy atom. The minimum absolute atomic E-state index is 0.259. The van der Waals surface area contributed by atoms with E-state index in [-0.39, 0.29) is 11.7 Å². The van der Waals surface area contributed by atoms with E-state index >= 15 is 0 Å². The first-order valence-corrected chi connectivity index (χ1v) is 6.35. The SMILES string of the molecule is C[C@H](CS(=O)(=O)O)c1ccc(Br)nc1. The van der Waals surface area contributed by atoms with Crippen molar-refractivity contribution in [1.29, 1.82) is 0 Å². The molecule has 0 bridgehead atoms. The van der Waals surface area contributed by atoms with Gasteiger partial charge in [-0.05, 0) is 33.5 Å². The first kappa shape index (κ1) is 11.6. The summed E-state index contributed by atoms with van der Waals surface area (Å²) in [6, 6.07) is 3.50. The van der Waals surface area contributed by atoms with Gasteiger partial charge in [-0.2, -0.15) is 8.42 Å². The molecule has 1 aromatic rings. The van der Waals surface area contributed by atoms with E-state index in [2.05, 4.69) is 20.9 Å². The summed E-state index contributed by atoms with van der Waals surface area (Å²) in [5, 5.41) is 0. The molecule has 0 aliphatic heterocycles. The van der Waals surface area contributed by atoms with Crippen molar-refractivity contribution in [2.45, 2.75) is 12.8 Å². The zero-order chi connectivity index (χ0) is 10.8. The Labute approximate surface area is 91.2 Å². The minimum Gasteiger partial charge on any atom is -0.286 e. The molecule has 6 heteroatoms. The van der Waals surface area contributed by atoms with E-state index in [1.54, 1.807) is 25.3 Å². The highest BCUT2D eigenvalue weighted by molar-refractivity contribution is 9.10. The van der Waals surface area contributed by atoms with Crippen LogP contribution in [0, 0.1) is 0 Å². The highest BCUT2D eigenvalue weighted by Crippen LogP contribution is 2.17. The summed E-state index contributed by atoms with van der Waals surface area (Å²) in [7, 11) is -3.92. The Hall–Kier alpha value is -0.460. The van der Waals surface area contributed by atoms with E-state index < -0.39 is 10.1 Å². The maximum Gasteiger partial charge on any atom is 0.265 e. The second-order valence-corrected chi connectivity index (χ2v) is 5.37. The van der Waals surface area contributed by atoms with Gasteiger partial charge < -0.3 is 0 Å². The summed E-state index contributed by atoms with van der Waals surface area (Å²) in [4.78, 5) is 3.97. The van der Waals surface area contributed by atoms with Crippen LogP contribution in [0.4, 0.5) is 0 Å². The summed E-state index contributed by atoms with van der Waals surface area (Å²) < 4.78 is 30.6. The van der Waals surface area contributed by atoms with Gasteiger partial charge in [-0.25, -0.2) is 4.98 Å². The normalized spacial score (nSPS) is 13.9. The quantitative estimate of drug-likeness (QED) is 0.677. The lowest BCUT2D eigenvalue weighted by molar-refractivity contribution is 0.479. The lowest BCUT2D eigenvalue weighted by Crippen LogP contribution is -2.11. The molecule has 78 valence electrons. The first-order valence-electron chi connectivity index (χ1n) is 3.95. The smallest absolute Gasteiger partial charge is 0.265 e. The van der Waals surface area contributed by atoms with Crippen LogP contribution in [0.15, 0.2) is 22.9 Å². The lowest BCUT2D eigenvalue weighted by Gasteiger charge is -2.08. The van der Waals surface area contributed by atoms with Gasteiger partial charge in [-0.3, -0.25) is 4.55 Å². The topological polar surface area (TPSA) is 67.3 Å². The van der Waals surface area contributed by atoms with Crippen LogP contribution >= 0.6 is 15.9 Å². The third-order valence-corrected chi connectivity index (χ3v) is 3.17. The Kier molecular flexibility index (Phi) is 3.63. The summed E-state index contributed by atoms with van der Waals surface area (Å²) in [6.07, 6.45) is 1.58. The first-order chi connectivity index (χ1) is 6.38. The maximum absolute atomic E-state index is 10.6. The average molecular weight is 280 g/mol. The number of hydrogen-bond acceptors (Lipinski definition) is 3. The molecule has 1 heterocycles. The molecule has 0 aliphatic rings. The van der Waals surface area contributed by atoms with Crippen LogP contribution in [-0.4, -0.2) is 23.7 Å². The Balaban J connectivity index is 2.80. The molecule has 1 aromatic heterocycles. The second-order valence-electron chi connectivity index (χ2n) is 3.06. The highest BCUT2D eigenvalue weighted by Gasteiger charge is 2.14. The summed E-state index contributed by atoms with van der Waals surface area (Å²) in [6.45, 7) is 1.72. The number of pyridine rings is 1. The molecule has 0 saturated heterocycles. The molecule has 0 radical (unpaired) electrons. The standard InChI is InChI=1S/C8H10BrNO3S/c1-6(5-14(11,12)13)7-2-3-8(9)10-4-7/h2-4,6H,5H2,1H3,(H,11,12,13)/t6-/m1/s1. The number of hydrogen-bond donors (Lipinski definition) is 1. The maximum atomic E-state index is 10.6. The van der Waals surface area contributed by atoms with Crippen LogP contribution in [0.3, 0.4) is 0 Å². The fourth-order valence-electron chi connectivity index (χ4n) is 1.09. The Bertz CT molecular complexity index is 401. The fourth-order valence-corrected chi connectivity index (χ4v) is 2.15. The van der Waals surface area contributed by atoms with Crippen LogP contribution in [0.5, 0.6) is 0 Å². The molecular formula is C8H10BrNO3S. The number of rotatable bonds is 3. The zero-order valence-electron chi connectivity index (χ0n) is 7.51. The van der Waals surface area contributed by atoms with Gasteiger partial charge in [-0.1, -0.05) is 13.0 Å². The number of halogens is 1. The van der Waals surface area contributed by atoms with Gasteiger partial charge in [0.1, 0.15) is 4.60 Å². The molecule has 0 saturated carbocycles. The van der Waals surface area contributed by atoms with Gasteiger partial charge in [0.15, 0.2) is 0 Å². The monoisotopic (exact) mass is 279 g/mol. The van der Waals surface area contributed by atoms with Crippen LogP contribution < -0.4 is 0 Å². The lowest BCUT2D eigenvalue weighted by atomic mass is 10.1. The predicted molar refractivity (Wildman–Crippen MR) is 56.8 cm³/mol. The number of aromatic nitrogens is 1. The van der Waals surface area contributed by atoms with Crippen molar-refractivity contribution in [2.75, 3.05) is 5.75 Å². The molecule has 0 aromatic carbocycles. The molecule has 4 nitrogen and oxygen atoms in total. The molecule has 1 N–H and O–H groups in total. The van der Waals surface area contributed by atoms with E-state index in [9.17, 15) is 8.42 Å². The van der Waals surface area contributed by atoms with Crippen LogP contribution in [-0.2, 0) is 10.1 Å². The van der Waals surface area contributed by atoms with E-state index in [0.29, 0.717) is 4.60 Å². The Morgan fingerprint density at radius 2 is 2.21 bits per heavy atom.